The van der Waals surface area contributed by atoms with E-state index in [1.807, 2.05) is 47.4 Å². The van der Waals surface area contributed by atoms with Gasteiger partial charge in [-0.2, -0.15) is 5.26 Å². The number of hydrogen-bond acceptors (Lipinski definition) is 4. The van der Waals surface area contributed by atoms with Crippen molar-refractivity contribution in [2.75, 3.05) is 10.7 Å². The van der Waals surface area contributed by atoms with Crippen molar-refractivity contribution in [2.45, 2.75) is 37.1 Å². The molecular weight excluding hydrogens is 390 g/mol. The van der Waals surface area contributed by atoms with Gasteiger partial charge in [-0.1, -0.05) is 48.2 Å². The Labute approximate surface area is 180 Å². The Morgan fingerprint density at radius 3 is 2.30 bits per heavy atom. The number of fused-ring (bicyclic) bond motifs is 3. The number of aromatic nitrogens is 1. The lowest BCUT2D eigenvalue weighted by atomic mass is 10.0. The summed E-state index contributed by atoms with van der Waals surface area (Å²) in [6, 6.07) is 20.5. The molecule has 1 aromatic heterocycles. The van der Waals surface area contributed by atoms with Gasteiger partial charge in [0.15, 0.2) is 0 Å². The molecule has 2 aromatic carbocycles. The quantitative estimate of drug-likeness (QED) is 0.569. The van der Waals surface area contributed by atoms with Crippen molar-refractivity contribution < 1.29 is 4.79 Å². The minimum atomic E-state index is 0.00740. The second-order valence-corrected chi connectivity index (χ2v) is 8.65. The first-order chi connectivity index (χ1) is 14.7. The lowest BCUT2D eigenvalue weighted by Crippen LogP contribution is -2.28. The number of hydrogen-bond donors (Lipinski definition) is 0. The number of aryl methyl sites for hydroxylation is 4. The molecule has 0 bridgehead atoms. The van der Waals surface area contributed by atoms with E-state index in [1.54, 1.807) is 0 Å². The number of carbonyl (C=O) groups excluding carboxylic acids is 1. The van der Waals surface area contributed by atoms with E-state index in [0.717, 1.165) is 49.2 Å². The standard InChI is InChI=1S/C25H21N3OS/c26-15-20-14-19-8-5-9-21(19)27-25(20)30-16-24(29)28-22-10-3-1-6-17(22)12-13-18-7-2-4-11-23(18)28/h1-4,6-7,10-11,14H,5,8-9,12-13,16H2. The van der Waals surface area contributed by atoms with Gasteiger partial charge >= 0.3 is 0 Å². The summed E-state index contributed by atoms with van der Waals surface area (Å²) < 4.78 is 0. The van der Waals surface area contributed by atoms with Gasteiger partial charge in [-0.05, 0) is 67.0 Å². The lowest BCUT2D eigenvalue weighted by molar-refractivity contribution is -0.115. The fourth-order valence-electron chi connectivity index (χ4n) is 4.39. The van der Waals surface area contributed by atoms with Crippen molar-refractivity contribution in [2.24, 2.45) is 0 Å². The van der Waals surface area contributed by atoms with Crippen LogP contribution in [0.1, 0.15) is 34.4 Å². The van der Waals surface area contributed by atoms with Gasteiger partial charge < -0.3 is 0 Å². The number of anilines is 2. The summed E-state index contributed by atoms with van der Waals surface area (Å²) in [5.74, 6) is 0.247. The fraction of sp³-hybridized carbons (Fsp3) is 0.240. The minimum absolute atomic E-state index is 0.00740. The molecule has 0 saturated heterocycles. The van der Waals surface area contributed by atoms with Crippen LogP contribution in [0.25, 0.3) is 0 Å². The third-order valence-corrected chi connectivity index (χ3v) is 6.82. The maximum absolute atomic E-state index is 13.5. The van der Waals surface area contributed by atoms with Crippen LogP contribution in [0.2, 0.25) is 0 Å². The highest BCUT2D eigenvalue weighted by molar-refractivity contribution is 8.00. The van der Waals surface area contributed by atoms with Gasteiger partial charge in [0.2, 0.25) is 5.91 Å². The second-order valence-electron chi connectivity index (χ2n) is 7.69. The molecule has 0 atom stereocenters. The number of amides is 1. The van der Waals surface area contributed by atoms with Crippen LogP contribution in [0, 0.1) is 11.3 Å². The SMILES string of the molecule is N#Cc1cc2c(nc1SCC(=O)N1c3ccccc3CCc3ccccc31)CCC2. The van der Waals surface area contributed by atoms with Crippen molar-refractivity contribution in [3.8, 4) is 6.07 Å². The Morgan fingerprint density at radius 2 is 1.63 bits per heavy atom. The van der Waals surface area contributed by atoms with E-state index in [0.29, 0.717) is 10.6 Å². The van der Waals surface area contributed by atoms with E-state index in [2.05, 4.69) is 18.2 Å². The number of benzene rings is 2. The molecule has 1 aliphatic heterocycles. The highest BCUT2D eigenvalue weighted by atomic mass is 32.2. The molecule has 5 rings (SSSR count). The maximum atomic E-state index is 13.5. The molecule has 1 aliphatic carbocycles. The Morgan fingerprint density at radius 1 is 0.967 bits per heavy atom. The molecule has 2 aliphatic rings. The zero-order valence-corrected chi connectivity index (χ0v) is 17.4. The van der Waals surface area contributed by atoms with Crippen LogP contribution in [0.15, 0.2) is 59.6 Å². The third-order valence-electron chi connectivity index (χ3n) is 5.85. The van der Waals surface area contributed by atoms with Crippen LogP contribution in [0.3, 0.4) is 0 Å². The third kappa shape index (κ3) is 3.38. The second kappa shape index (κ2) is 7.97. The van der Waals surface area contributed by atoms with Gasteiger partial charge in [0.25, 0.3) is 0 Å². The van der Waals surface area contributed by atoms with E-state index in [9.17, 15) is 10.1 Å². The van der Waals surface area contributed by atoms with Crippen LogP contribution < -0.4 is 4.90 Å². The van der Waals surface area contributed by atoms with Crippen LogP contribution >= 0.6 is 11.8 Å². The fourth-order valence-corrected chi connectivity index (χ4v) is 5.21. The van der Waals surface area contributed by atoms with Crippen molar-refractivity contribution in [1.29, 1.82) is 5.26 Å². The Kier molecular flexibility index (Phi) is 5.02. The van der Waals surface area contributed by atoms with Crippen molar-refractivity contribution in [1.82, 2.24) is 4.98 Å². The molecule has 5 heteroatoms. The molecule has 0 fully saturated rings. The first-order valence-corrected chi connectivity index (χ1v) is 11.3. The molecule has 1 amide bonds. The van der Waals surface area contributed by atoms with Gasteiger partial charge in [-0.25, -0.2) is 4.98 Å². The molecule has 148 valence electrons. The molecule has 0 N–H and O–H groups in total. The molecule has 0 radical (unpaired) electrons. The van der Waals surface area contributed by atoms with Crippen LogP contribution in [0.4, 0.5) is 11.4 Å². The number of rotatable bonds is 3. The normalized spacial score (nSPS) is 14.3. The van der Waals surface area contributed by atoms with E-state index < -0.39 is 0 Å². The summed E-state index contributed by atoms with van der Waals surface area (Å²) >= 11 is 1.37. The van der Waals surface area contributed by atoms with Gasteiger partial charge in [0.1, 0.15) is 11.1 Å². The predicted molar refractivity (Wildman–Crippen MR) is 119 cm³/mol. The van der Waals surface area contributed by atoms with E-state index in [1.165, 1.54) is 28.5 Å². The van der Waals surface area contributed by atoms with Gasteiger partial charge in [0, 0.05) is 5.69 Å². The molecule has 3 aromatic rings. The summed E-state index contributed by atoms with van der Waals surface area (Å²) in [7, 11) is 0. The van der Waals surface area contributed by atoms with E-state index in [-0.39, 0.29) is 11.7 Å². The monoisotopic (exact) mass is 411 g/mol. The van der Waals surface area contributed by atoms with Crippen molar-refractivity contribution in [3.05, 3.63) is 82.5 Å². The number of thioether (sulfide) groups is 1. The first kappa shape index (κ1) is 18.9. The highest BCUT2D eigenvalue weighted by Crippen LogP contribution is 2.37. The average Bonchev–Trinajstić information content (AvgIpc) is 3.17. The molecule has 4 nitrogen and oxygen atoms in total. The van der Waals surface area contributed by atoms with Crippen LogP contribution in [-0.2, 0) is 30.5 Å². The van der Waals surface area contributed by atoms with Gasteiger partial charge in [-0.15, -0.1) is 0 Å². The number of para-hydroxylation sites is 2. The van der Waals surface area contributed by atoms with Gasteiger partial charge in [0.05, 0.1) is 22.7 Å². The van der Waals surface area contributed by atoms with E-state index >= 15 is 0 Å². The average molecular weight is 412 g/mol. The summed E-state index contributed by atoms with van der Waals surface area (Å²) in [5.41, 5.74) is 7.10. The molecule has 0 saturated carbocycles. The largest absolute Gasteiger partial charge is 0.280 e. The molecule has 2 heterocycles. The summed E-state index contributed by atoms with van der Waals surface area (Å²) in [6.45, 7) is 0. The number of nitriles is 1. The molecule has 30 heavy (non-hydrogen) atoms. The number of carbonyl (C=O) groups is 1. The first-order valence-electron chi connectivity index (χ1n) is 10.3. The number of nitrogens with zero attached hydrogens (tertiary/aromatic N) is 3. The zero-order chi connectivity index (χ0) is 20.5. The minimum Gasteiger partial charge on any atom is -0.280 e. The smallest absolute Gasteiger partial charge is 0.241 e. The Bertz CT molecular complexity index is 1130. The molecular formula is C25H21N3OS. The Balaban J connectivity index is 1.47. The summed E-state index contributed by atoms with van der Waals surface area (Å²) in [5, 5.41) is 10.2. The topological polar surface area (TPSA) is 57.0 Å². The molecule has 0 unspecified atom stereocenters. The van der Waals surface area contributed by atoms with Crippen LogP contribution in [0.5, 0.6) is 0 Å². The highest BCUT2D eigenvalue weighted by Gasteiger charge is 2.26. The predicted octanol–water partition coefficient (Wildman–Crippen LogP) is 5.00. The summed E-state index contributed by atoms with van der Waals surface area (Å²) in [6.07, 6.45) is 4.85. The Hall–Kier alpha value is -3.10. The van der Waals surface area contributed by atoms with Crippen LogP contribution in [-0.4, -0.2) is 16.6 Å². The van der Waals surface area contributed by atoms with Gasteiger partial charge in [-0.3, -0.25) is 9.69 Å². The zero-order valence-electron chi connectivity index (χ0n) is 16.6. The van der Waals surface area contributed by atoms with Crippen molar-refractivity contribution >= 4 is 29.0 Å². The lowest BCUT2D eigenvalue weighted by Gasteiger charge is -2.25. The van der Waals surface area contributed by atoms with Crippen molar-refractivity contribution in [3.63, 3.8) is 0 Å². The van der Waals surface area contributed by atoms with E-state index in [4.69, 9.17) is 4.98 Å². The summed E-state index contributed by atoms with van der Waals surface area (Å²) in [4.78, 5) is 20.0. The number of pyridine rings is 1. The maximum Gasteiger partial charge on any atom is 0.241 e. The molecule has 0 spiro atoms.